The number of benzene rings is 2. The number of nitrogens with one attached hydrogen (secondary N) is 1. The van der Waals surface area contributed by atoms with Crippen molar-refractivity contribution in [2.75, 3.05) is 18.4 Å². The van der Waals surface area contributed by atoms with Crippen LogP contribution in [0.5, 0.6) is 0 Å². The van der Waals surface area contributed by atoms with E-state index in [1.165, 1.54) is 37.9 Å². The molecule has 1 saturated heterocycles. The lowest BCUT2D eigenvalue weighted by molar-refractivity contribution is 0.102. The zero-order chi connectivity index (χ0) is 16.1. The molecule has 3 rings (SSSR count). The van der Waals surface area contributed by atoms with E-state index in [2.05, 4.69) is 22.3 Å². The van der Waals surface area contributed by atoms with Gasteiger partial charge in [-0.3, -0.25) is 9.69 Å². The molecule has 3 nitrogen and oxygen atoms in total. The molecule has 0 radical (unpaired) electrons. The van der Waals surface area contributed by atoms with Crippen molar-refractivity contribution in [2.45, 2.75) is 32.7 Å². The van der Waals surface area contributed by atoms with Gasteiger partial charge in [0.2, 0.25) is 0 Å². The molecule has 2 aromatic rings. The number of hydrogen-bond donors (Lipinski definition) is 1. The Morgan fingerprint density at radius 3 is 2.48 bits per heavy atom. The van der Waals surface area contributed by atoms with Gasteiger partial charge in [0, 0.05) is 17.8 Å². The summed E-state index contributed by atoms with van der Waals surface area (Å²) in [5, 5.41) is 2.95. The zero-order valence-corrected chi connectivity index (χ0v) is 13.7. The topological polar surface area (TPSA) is 32.3 Å². The minimum absolute atomic E-state index is 0.0554. The average molecular weight is 308 g/mol. The van der Waals surface area contributed by atoms with Crippen molar-refractivity contribution in [2.24, 2.45) is 0 Å². The summed E-state index contributed by atoms with van der Waals surface area (Å²) in [4.78, 5) is 14.8. The summed E-state index contributed by atoms with van der Waals surface area (Å²) >= 11 is 0. The Kier molecular flexibility index (Phi) is 5.09. The molecular weight excluding hydrogens is 284 g/mol. The molecule has 3 heteroatoms. The van der Waals surface area contributed by atoms with Crippen molar-refractivity contribution in [3.05, 3.63) is 65.2 Å². The SMILES string of the molecule is Cc1cccc(NC(=O)c2ccc(CN3CCCCC3)cc2)c1. The summed E-state index contributed by atoms with van der Waals surface area (Å²) in [6, 6.07) is 15.8. The molecule has 0 unspecified atom stereocenters. The lowest BCUT2D eigenvalue weighted by Gasteiger charge is -2.26. The lowest BCUT2D eigenvalue weighted by Crippen LogP contribution is -2.29. The first-order valence-electron chi connectivity index (χ1n) is 8.40. The number of aryl methyl sites for hydroxylation is 1. The van der Waals surface area contributed by atoms with Gasteiger partial charge in [-0.15, -0.1) is 0 Å². The van der Waals surface area contributed by atoms with E-state index in [1.54, 1.807) is 0 Å². The predicted molar refractivity (Wildman–Crippen MR) is 94.7 cm³/mol. The molecule has 1 aliphatic rings. The van der Waals surface area contributed by atoms with Gasteiger partial charge >= 0.3 is 0 Å². The van der Waals surface area contributed by atoms with Crippen LogP contribution in [0.15, 0.2) is 48.5 Å². The van der Waals surface area contributed by atoms with Crippen LogP contribution in [0.2, 0.25) is 0 Å². The molecule has 0 bridgehead atoms. The Morgan fingerprint density at radius 2 is 1.78 bits per heavy atom. The second-order valence-electron chi connectivity index (χ2n) is 6.36. The number of anilines is 1. The molecular formula is C20H24N2O. The highest BCUT2D eigenvalue weighted by molar-refractivity contribution is 6.04. The number of rotatable bonds is 4. The summed E-state index contributed by atoms with van der Waals surface area (Å²) < 4.78 is 0. The van der Waals surface area contributed by atoms with Crippen molar-refractivity contribution < 1.29 is 4.79 Å². The number of amides is 1. The molecule has 1 heterocycles. The van der Waals surface area contributed by atoms with Gasteiger partial charge in [-0.1, -0.05) is 30.7 Å². The summed E-state index contributed by atoms with van der Waals surface area (Å²) in [7, 11) is 0. The molecule has 1 amide bonds. The first kappa shape index (κ1) is 15.8. The third-order valence-corrected chi connectivity index (χ3v) is 4.35. The number of nitrogens with zero attached hydrogens (tertiary/aromatic N) is 1. The second-order valence-corrected chi connectivity index (χ2v) is 6.36. The van der Waals surface area contributed by atoms with Crippen molar-refractivity contribution in [1.29, 1.82) is 0 Å². The Morgan fingerprint density at radius 1 is 1.04 bits per heavy atom. The number of piperidine rings is 1. The molecule has 0 saturated carbocycles. The Labute approximate surface area is 138 Å². The van der Waals surface area contributed by atoms with Gasteiger partial charge < -0.3 is 5.32 Å². The van der Waals surface area contributed by atoms with Crippen molar-refractivity contribution in [3.8, 4) is 0 Å². The van der Waals surface area contributed by atoms with Gasteiger partial charge in [0.05, 0.1) is 0 Å². The number of likely N-dealkylation sites (tertiary alicyclic amines) is 1. The first-order valence-corrected chi connectivity index (χ1v) is 8.40. The van der Waals surface area contributed by atoms with Gasteiger partial charge in [0.25, 0.3) is 5.91 Å². The molecule has 0 atom stereocenters. The summed E-state index contributed by atoms with van der Waals surface area (Å²) in [5.74, 6) is -0.0554. The quantitative estimate of drug-likeness (QED) is 0.916. The van der Waals surface area contributed by atoms with Gasteiger partial charge in [-0.2, -0.15) is 0 Å². The van der Waals surface area contributed by atoms with Crippen LogP contribution in [-0.4, -0.2) is 23.9 Å². The Hall–Kier alpha value is -2.13. The fourth-order valence-corrected chi connectivity index (χ4v) is 3.06. The lowest BCUT2D eigenvalue weighted by atomic mass is 10.1. The van der Waals surface area contributed by atoms with Crippen LogP contribution in [0.3, 0.4) is 0 Å². The van der Waals surface area contributed by atoms with E-state index in [-0.39, 0.29) is 5.91 Å². The largest absolute Gasteiger partial charge is 0.322 e. The van der Waals surface area contributed by atoms with E-state index in [4.69, 9.17) is 0 Å². The third-order valence-electron chi connectivity index (χ3n) is 4.35. The summed E-state index contributed by atoms with van der Waals surface area (Å²) in [6.07, 6.45) is 3.96. The fraction of sp³-hybridized carbons (Fsp3) is 0.350. The van der Waals surface area contributed by atoms with E-state index < -0.39 is 0 Å². The molecule has 0 aromatic heterocycles. The van der Waals surface area contributed by atoms with Crippen LogP contribution < -0.4 is 5.32 Å². The van der Waals surface area contributed by atoms with Crippen LogP contribution in [0.1, 0.15) is 40.7 Å². The summed E-state index contributed by atoms with van der Waals surface area (Å²) in [6.45, 7) is 5.38. The van der Waals surface area contributed by atoms with Crippen molar-refractivity contribution in [1.82, 2.24) is 4.90 Å². The standard InChI is InChI=1S/C20H24N2O/c1-16-6-5-7-19(14-16)21-20(23)18-10-8-17(9-11-18)15-22-12-3-2-4-13-22/h5-11,14H,2-4,12-13,15H2,1H3,(H,21,23). The molecule has 0 spiro atoms. The second kappa shape index (κ2) is 7.42. The van der Waals surface area contributed by atoms with Gasteiger partial charge in [-0.25, -0.2) is 0 Å². The van der Waals surface area contributed by atoms with E-state index in [1.807, 2.05) is 43.3 Å². The average Bonchev–Trinajstić information content (AvgIpc) is 2.56. The van der Waals surface area contributed by atoms with Crippen LogP contribution in [0.25, 0.3) is 0 Å². The van der Waals surface area contributed by atoms with E-state index in [9.17, 15) is 4.79 Å². The summed E-state index contributed by atoms with van der Waals surface area (Å²) in [5.41, 5.74) is 3.96. The van der Waals surface area contributed by atoms with Crippen LogP contribution in [0, 0.1) is 6.92 Å². The normalized spacial score (nSPS) is 15.3. The molecule has 2 aromatic carbocycles. The molecule has 1 fully saturated rings. The highest BCUT2D eigenvalue weighted by Crippen LogP contribution is 2.15. The van der Waals surface area contributed by atoms with Gasteiger partial charge in [0.15, 0.2) is 0 Å². The first-order chi connectivity index (χ1) is 11.2. The molecule has 1 N–H and O–H groups in total. The fourth-order valence-electron chi connectivity index (χ4n) is 3.06. The van der Waals surface area contributed by atoms with Gasteiger partial charge in [0.1, 0.15) is 0 Å². The maximum atomic E-state index is 12.3. The van der Waals surface area contributed by atoms with Crippen LogP contribution in [0.4, 0.5) is 5.69 Å². The molecule has 120 valence electrons. The minimum atomic E-state index is -0.0554. The van der Waals surface area contributed by atoms with Crippen LogP contribution in [-0.2, 0) is 6.54 Å². The highest BCUT2D eigenvalue weighted by atomic mass is 16.1. The monoisotopic (exact) mass is 308 g/mol. The van der Waals surface area contributed by atoms with E-state index >= 15 is 0 Å². The molecule has 0 aliphatic carbocycles. The highest BCUT2D eigenvalue weighted by Gasteiger charge is 2.11. The van der Waals surface area contributed by atoms with Crippen molar-refractivity contribution >= 4 is 11.6 Å². The molecule has 1 aliphatic heterocycles. The maximum absolute atomic E-state index is 12.3. The Balaban J connectivity index is 1.60. The number of hydrogen-bond acceptors (Lipinski definition) is 2. The number of carbonyl (C=O) groups excluding carboxylic acids is 1. The van der Waals surface area contributed by atoms with E-state index in [0.717, 1.165) is 17.8 Å². The third kappa shape index (κ3) is 4.42. The predicted octanol–water partition coefficient (Wildman–Crippen LogP) is 4.23. The maximum Gasteiger partial charge on any atom is 0.255 e. The number of carbonyl (C=O) groups is 1. The molecule has 23 heavy (non-hydrogen) atoms. The van der Waals surface area contributed by atoms with E-state index in [0.29, 0.717) is 5.56 Å². The zero-order valence-electron chi connectivity index (χ0n) is 13.7. The van der Waals surface area contributed by atoms with Crippen LogP contribution >= 0.6 is 0 Å². The van der Waals surface area contributed by atoms with Crippen molar-refractivity contribution in [3.63, 3.8) is 0 Å². The minimum Gasteiger partial charge on any atom is -0.322 e. The van der Waals surface area contributed by atoms with Gasteiger partial charge in [-0.05, 0) is 68.2 Å². The Bertz CT molecular complexity index is 658. The smallest absolute Gasteiger partial charge is 0.255 e.